The average Bonchev–Trinajstić information content (AvgIpc) is 3.44. The Morgan fingerprint density at radius 2 is 1.59 bits per heavy atom. The molecule has 0 aliphatic carbocycles. The Labute approximate surface area is 297 Å². The summed E-state index contributed by atoms with van der Waals surface area (Å²) in [5.74, 6) is -0.504. The number of carbonyl (C=O) groups is 3. The lowest BCUT2D eigenvalue weighted by Crippen LogP contribution is -2.50. The Morgan fingerprint density at radius 1 is 0.939 bits per heavy atom. The standard InChI is InChI=1S/C37H42N4O6S.ClH/c1-25-30(39-35(48-25)40-19-21-41(22-20-40)36(45)47-37(2,3)4)18-23-46-28-16-14-26(15-17-28)24-32(34(43)44)38-31-13-9-8-12-29(31)33(42)27-10-6-5-7-11-27;/h5-17,32,38H,18-24H2,1-4H3,(H,43,44);1H/t32-;/m0./s1. The van der Waals surface area contributed by atoms with Crippen LogP contribution in [0.1, 0.15) is 52.8 Å². The summed E-state index contributed by atoms with van der Waals surface area (Å²) in [6.45, 7) is 10.7. The van der Waals surface area contributed by atoms with E-state index < -0.39 is 17.6 Å². The predicted octanol–water partition coefficient (Wildman–Crippen LogP) is 6.89. The third-order valence-electron chi connectivity index (χ3n) is 7.89. The normalized spacial score (nSPS) is 13.6. The lowest BCUT2D eigenvalue weighted by atomic mass is 10.00. The number of halogens is 1. The number of piperazine rings is 1. The molecule has 1 aliphatic heterocycles. The highest BCUT2D eigenvalue weighted by Gasteiger charge is 2.27. The summed E-state index contributed by atoms with van der Waals surface area (Å²) < 4.78 is 11.5. The SMILES string of the molecule is Cc1sc(N2CCN(C(=O)OC(C)(C)C)CC2)nc1CCOc1ccc(C[C@H](Nc2ccccc2C(=O)c2ccccc2)C(=O)O)cc1.Cl. The van der Waals surface area contributed by atoms with Gasteiger partial charge in [0.1, 0.15) is 17.4 Å². The molecule has 1 aromatic heterocycles. The summed E-state index contributed by atoms with van der Waals surface area (Å²) in [6, 6.07) is 22.3. The number of ketones is 1. The van der Waals surface area contributed by atoms with Crippen molar-refractivity contribution in [2.75, 3.05) is 43.0 Å². The first-order valence-corrected chi connectivity index (χ1v) is 16.9. The molecule has 1 fully saturated rings. The smallest absolute Gasteiger partial charge is 0.410 e. The van der Waals surface area contributed by atoms with Gasteiger partial charge in [0.15, 0.2) is 10.9 Å². The average molecular weight is 707 g/mol. The van der Waals surface area contributed by atoms with E-state index >= 15 is 0 Å². The van der Waals surface area contributed by atoms with Crippen LogP contribution in [0.3, 0.4) is 0 Å². The molecule has 1 amide bonds. The van der Waals surface area contributed by atoms with Crippen LogP contribution < -0.4 is 15.0 Å². The van der Waals surface area contributed by atoms with Crippen LogP contribution in [0.2, 0.25) is 0 Å². The molecule has 12 heteroatoms. The molecule has 2 N–H and O–H groups in total. The second-order valence-corrected chi connectivity index (χ2v) is 13.9. The molecule has 1 atom stereocenters. The van der Waals surface area contributed by atoms with E-state index in [4.69, 9.17) is 14.5 Å². The van der Waals surface area contributed by atoms with E-state index in [0.29, 0.717) is 61.8 Å². The minimum atomic E-state index is -1.01. The molecule has 2 heterocycles. The Balaban J connectivity index is 0.00000541. The lowest BCUT2D eigenvalue weighted by Gasteiger charge is -2.35. The van der Waals surface area contributed by atoms with Crippen LogP contribution in [-0.4, -0.2) is 77.3 Å². The molecule has 49 heavy (non-hydrogen) atoms. The van der Waals surface area contributed by atoms with Gasteiger partial charge < -0.3 is 29.7 Å². The van der Waals surface area contributed by atoms with Crippen molar-refractivity contribution >= 4 is 52.4 Å². The molecule has 10 nitrogen and oxygen atoms in total. The molecule has 260 valence electrons. The number of thiazole rings is 1. The van der Waals surface area contributed by atoms with Crippen molar-refractivity contribution in [3.63, 3.8) is 0 Å². The number of carboxylic acids is 1. The zero-order chi connectivity index (χ0) is 34.3. The van der Waals surface area contributed by atoms with Crippen molar-refractivity contribution in [1.29, 1.82) is 0 Å². The highest BCUT2D eigenvalue weighted by molar-refractivity contribution is 7.15. The molecule has 0 unspecified atom stereocenters. The second-order valence-electron chi connectivity index (χ2n) is 12.7. The summed E-state index contributed by atoms with van der Waals surface area (Å²) in [5, 5.41) is 14.0. The number of hydrogen-bond acceptors (Lipinski definition) is 9. The number of aliphatic carboxylic acids is 1. The Kier molecular flexibility index (Phi) is 12.7. The molecular weight excluding hydrogens is 664 g/mol. The number of rotatable bonds is 12. The van der Waals surface area contributed by atoms with Crippen molar-refractivity contribution in [3.8, 4) is 5.75 Å². The first kappa shape index (κ1) is 37.2. The van der Waals surface area contributed by atoms with Gasteiger partial charge in [-0.1, -0.05) is 54.6 Å². The fourth-order valence-corrected chi connectivity index (χ4v) is 6.36. The summed E-state index contributed by atoms with van der Waals surface area (Å²) >= 11 is 1.65. The first-order chi connectivity index (χ1) is 23.0. The molecule has 1 aliphatic rings. The van der Waals surface area contributed by atoms with Gasteiger partial charge in [0.05, 0.1) is 12.3 Å². The number of hydrogen-bond donors (Lipinski definition) is 2. The summed E-state index contributed by atoms with van der Waals surface area (Å²) in [6.07, 6.45) is 0.587. The molecule has 0 bridgehead atoms. The van der Waals surface area contributed by atoms with E-state index in [1.165, 1.54) is 0 Å². The maximum absolute atomic E-state index is 13.1. The number of carboxylic acid groups (broad SMARTS) is 1. The van der Waals surface area contributed by atoms with E-state index in [2.05, 4.69) is 17.1 Å². The van der Waals surface area contributed by atoms with E-state index in [-0.39, 0.29) is 30.7 Å². The van der Waals surface area contributed by atoms with Crippen LogP contribution in [0, 0.1) is 6.92 Å². The van der Waals surface area contributed by atoms with Crippen LogP contribution in [0.5, 0.6) is 5.75 Å². The zero-order valence-corrected chi connectivity index (χ0v) is 29.8. The number of aryl methyl sites for hydroxylation is 1. The number of benzene rings is 3. The van der Waals surface area contributed by atoms with Crippen molar-refractivity contribution in [2.24, 2.45) is 0 Å². The van der Waals surface area contributed by atoms with Gasteiger partial charge in [-0.05, 0) is 57.5 Å². The van der Waals surface area contributed by atoms with Gasteiger partial charge in [-0.15, -0.1) is 23.7 Å². The molecule has 4 aromatic rings. The Bertz CT molecular complexity index is 1720. The van der Waals surface area contributed by atoms with Crippen molar-refractivity contribution in [1.82, 2.24) is 9.88 Å². The molecule has 1 saturated heterocycles. The van der Waals surface area contributed by atoms with E-state index in [9.17, 15) is 19.5 Å². The number of para-hydroxylation sites is 1. The Morgan fingerprint density at radius 3 is 2.24 bits per heavy atom. The highest BCUT2D eigenvalue weighted by Crippen LogP contribution is 2.28. The molecule has 0 saturated carbocycles. The van der Waals surface area contributed by atoms with Crippen molar-refractivity contribution < 1.29 is 29.0 Å². The first-order valence-electron chi connectivity index (χ1n) is 16.1. The fraction of sp³-hybridized carbons (Fsp3) is 0.351. The monoisotopic (exact) mass is 706 g/mol. The van der Waals surface area contributed by atoms with E-state index in [1.807, 2.05) is 51.1 Å². The fourth-order valence-electron chi connectivity index (χ4n) is 5.35. The van der Waals surface area contributed by atoms with Gasteiger partial charge in [-0.2, -0.15) is 0 Å². The van der Waals surface area contributed by atoms with E-state index in [0.717, 1.165) is 21.3 Å². The van der Waals surface area contributed by atoms with Gasteiger partial charge in [-0.3, -0.25) is 4.79 Å². The van der Waals surface area contributed by atoms with Crippen LogP contribution in [0.4, 0.5) is 15.6 Å². The maximum atomic E-state index is 13.1. The van der Waals surface area contributed by atoms with Gasteiger partial charge in [0.25, 0.3) is 0 Å². The topological polar surface area (TPSA) is 121 Å². The highest BCUT2D eigenvalue weighted by atomic mass is 35.5. The largest absolute Gasteiger partial charge is 0.493 e. The third kappa shape index (κ3) is 10.2. The van der Waals surface area contributed by atoms with Crippen LogP contribution in [0.25, 0.3) is 0 Å². The summed E-state index contributed by atoms with van der Waals surface area (Å²) in [7, 11) is 0. The second kappa shape index (κ2) is 16.7. The summed E-state index contributed by atoms with van der Waals surface area (Å²) in [4.78, 5) is 47.7. The van der Waals surface area contributed by atoms with Gasteiger partial charge in [0, 0.05) is 60.7 Å². The maximum Gasteiger partial charge on any atom is 0.410 e. The minimum absolute atomic E-state index is 0. The number of anilines is 2. The molecule has 5 rings (SSSR count). The molecule has 0 spiro atoms. The number of ether oxygens (including phenoxy) is 2. The van der Waals surface area contributed by atoms with Crippen LogP contribution in [-0.2, 0) is 22.4 Å². The molecule has 0 radical (unpaired) electrons. The number of amides is 1. The van der Waals surface area contributed by atoms with Crippen molar-refractivity contribution in [2.45, 2.75) is 52.2 Å². The number of aromatic nitrogens is 1. The van der Waals surface area contributed by atoms with Gasteiger partial charge in [0.2, 0.25) is 0 Å². The number of nitrogens with zero attached hydrogens (tertiary/aromatic N) is 3. The minimum Gasteiger partial charge on any atom is -0.493 e. The van der Waals surface area contributed by atoms with Crippen LogP contribution in [0.15, 0.2) is 78.9 Å². The van der Waals surface area contributed by atoms with Crippen LogP contribution >= 0.6 is 23.7 Å². The van der Waals surface area contributed by atoms with Gasteiger partial charge in [-0.25, -0.2) is 14.6 Å². The molecular formula is C37H43ClN4O6S. The van der Waals surface area contributed by atoms with E-state index in [1.54, 1.807) is 64.8 Å². The predicted molar refractivity (Wildman–Crippen MR) is 195 cm³/mol. The lowest BCUT2D eigenvalue weighted by molar-refractivity contribution is -0.137. The zero-order valence-electron chi connectivity index (χ0n) is 28.2. The third-order valence-corrected chi connectivity index (χ3v) is 8.96. The van der Waals surface area contributed by atoms with Gasteiger partial charge >= 0.3 is 12.1 Å². The Hall–Kier alpha value is -4.61. The quantitative estimate of drug-likeness (QED) is 0.152. The molecule has 3 aromatic carbocycles. The summed E-state index contributed by atoms with van der Waals surface area (Å²) in [5.41, 5.74) is 2.72. The number of carbonyl (C=O) groups excluding carboxylic acids is 2. The van der Waals surface area contributed by atoms with Crippen molar-refractivity contribution in [3.05, 3.63) is 106 Å². The number of nitrogens with one attached hydrogen (secondary N) is 1.